The molecule has 0 amide bonds. The minimum absolute atomic E-state index is 0.0646. The van der Waals surface area contributed by atoms with Crippen LogP contribution in [0.5, 0.6) is 0 Å². The molecule has 120 valence electrons. The van der Waals surface area contributed by atoms with Crippen LogP contribution in [0.15, 0.2) is 35.2 Å². The largest absolute Gasteiger partial charge is 0.295 e. The number of hydrogen-bond donors (Lipinski definition) is 1. The van der Waals surface area contributed by atoms with Gasteiger partial charge in [0.25, 0.3) is 10.1 Å². The van der Waals surface area contributed by atoms with Crippen LogP contribution in [0.2, 0.25) is 0 Å². The summed E-state index contributed by atoms with van der Waals surface area (Å²) in [6.45, 7) is 8.37. The van der Waals surface area contributed by atoms with Crippen molar-refractivity contribution in [3.05, 3.63) is 41.5 Å². The van der Waals surface area contributed by atoms with E-state index in [1.54, 1.807) is 0 Å². The molecule has 0 aliphatic rings. The van der Waals surface area contributed by atoms with Crippen molar-refractivity contribution in [1.29, 1.82) is 0 Å². The number of fused-ring (bicyclic) bond motifs is 1. The number of benzene rings is 2. The van der Waals surface area contributed by atoms with Gasteiger partial charge in [-0.25, -0.2) is 0 Å². The van der Waals surface area contributed by atoms with Gasteiger partial charge >= 0.3 is 0 Å². The predicted octanol–water partition coefficient (Wildman–Crippen LogP) is 4.48. The minimum Gasteiger partial charge on any atom is -0.282 e. The predicted molar refractivity (Wildman–Crippen MR) is 90.8 cm³/mol. The molecule has 0 aromatic heterocycles. The molecule has 1 N–H and O–H groups in total. The van der Waals surface area contributed by atoms with Crippen LogP contribution in [0.4, 0.5) is 0 Å². The molecule has 0 atom stereocenters. The molecule has 0 fully saturated rings. The van der Waals surface area contributed by atoms with Crippen LogP contribution in [0.1, 0.15) is 38.8 Å². The zero-order valence-electron chi connectivity index (χ0n) is 13.6. The first-order chi connectivity index (χ1) is 10.2. The van der Waals surface area contributed by atoms with E-state index in [9.17, 15) is 13.0 Å². The molecule has 0 saturated carbocycles. The highest BCUT2D eigenvalue weighted by Gasteiger charge is 2.20. The molecule has 0 saturated heterocycles. The number of hydrogen-bond acceptors (Lipinski definition) is 2. The molecular weight excluding hydrogens is 296 g/mol. The van der Waals surface area contributed by atoms with Gasteiger partial charge in [-0.3, -0.25) is 4.55 Å². The van der Waals surface area contributed by atoms with Crippen LogP contribution in [0, 0.1) is 11.8 Å². The fraction of sp³-hybridized carbons (Fsp3) is 0.444. The molecule has 22 heavy (non-hydrogen) atoms. The minimum atomic E-state index is -4.24. The summed E-state index contributed by atoms with van der Waals surface area (Å²) in [6, 6.07) is 9.56. The summed E-state index contributed by atoms with van der Waals surface area (Å²) in [4.78, 5) is 0.0646. The van der Waals surface area contributed by atoms with Crippen LogP contribution in [-0.2, 0) is 23.0 Å². The Hall–Kier alpha value is -1.39. The van der Waals surface area contributed by atoms with E-state index in [-0.39, 0.29) is 4.90 Å². The van der Waals surface area contributed by atoms with Gasteiger partial charge in [-0.1, -0.05) is 58.0 Å². The van der Waals surface area contributed by atoms with Crippen molar-refractivity contribution in [1.82, 2.24) is 0 Å². The second-order valence-corrected chi connectivity index (χ2v) is 8.14. The molecule has 2 aromatic carbocycles. The normalized spacial score (nSPS) is 12.5. The summed E-state index contributed by atoms with van der Waals surface area (Å²) in [5.41, 5.74) is 1.86. The Morgan fingerprint density at radius 3 is 2.14 bits per heavy atom. The topological polar surface area (TPSA) is 54.4 Å². The molecule has 0 radical (unpaired) electrons. The fourth-order valence-corrected chi connectivity index (χ4v) is 3.85. The second kappa shape index (κ2) is 6.39. The second-order valence-electron chi connectivity index (χ2n) is 6.78. The molecule has 0 spiro atoms. The van der Waals surface area contributed by atoms with Crippen LogP contribution < -0.4 is 0 Å². The van der Waals surface area contributed by atoms with Gasteiger partial charge in [-0.15, -0.1) is 0 Å². The molecule has 4 heteroatoms. The Balaban J connectivity index is 2.66. The van der Waals surface area contributed by atoms with Gasteiger partial charge in [0.1, 0.15) is 4.90 Å². The average Bonchev–Trinajstić information content (AvgIpc) is 2.35. The molecule has 0 aliphatic heterocycles. The highest BCUT2D eigenvalue weighted by atomic mass is 32.2. The third-order valence-electron chi connectivity index (χ3n) is 3.65. The molecule has 2 aromatic rings. The molecule has 0 heterocycles. The Labute approximate surface area is 133 Å². The summed E-state index contributed by atoms with van der Waals surface area (Å²) in [6.07, 6.45) is 1.57. The lowest BCUT2D eigenvalue weighted by Gasteiger charge is -2.14. The van der Waals surface area contributed by atoms with Crippen LogP contribution in [0.3, 0.4) is 0 Å². The van der Waals surface area contributed by atoms with Crippen molar-refractivity contribution < 1.29 is 13.0 Å². The van der Waals surface area contributed by atoms with Gasteiger partial charge < -0.3 is 0 Å². The first-order valence-corrected chi connectivity index (χ1v) is 9.14. The zero-order chi connectivity index (χ0) is 16.5. The maximum absolute atomic E-state index is 11.9. The maximum atomic E-state index is 11.9. The van der Waals surface area contributed by atoms with E-state index in [0.717, 1.165) is 11.8 Å². The van der Waals surface area contributed by atoms with Gasteiger partial charge in [-0.2, -0.15) is 8.42 Å². The smallest absolute Gasteiger partial charge is 0.282 e. The maximum Gasteiger partial charge on any atom is 0.295 e. The molecule has 0 unspecified atom stereocenters. The first kappa shape index (κ1) is 17.0. The Morgan fingerprint density at radius 1 is 0.955 bits per heavy atom. The van der Waals surface area contributed by atoms with E-state index in [2.05, 4.69) is 13.8 Å². The zero-order valence-corrected chi connectivity index (χ0v) is 14.4. The van der Waals surface area contributed by atoms with Crippen molar-refractivity contribution in [2.24, 2.45) is 11.8 Å². The highest BCUT2D eigenvalue weighted by molar-refractivity contribution is 7.86. The molecule has 3 nitrogen and oxygen atoms in total. The molecule has 0 aliphatic carbocycles. The lowest BCUT2D eigenvalue weighted by Crippen LogP contribution is -2.07. The van der Waals surface area contributed by atoms with Crippen LogP contribution in [-0.4, -0.2) is 13.0 Å². The quantitative estimate of drug-likeness (QED) is 0.826. The summed E-state index contributed by atoms with van der Waals surface area (Å²) in [7, 11) is -4.24. The standard InChI is InChI=1S/C18H24O3S/c1-12(2)9-14-5-8-17-15(11-14)6-7-16(10-13(3)4)18(17)22(19,20)21/h5-8,11-13H,9-10H2,1-4H3,(H,19,20,21). The Bertz CT molecular complexity index is 774. The van der Waals surface area contributed by atoms with E-state index in [0.29, 0.717) is 29.2 Å². The fourth-order valence-electron chi connectivity index (χ4n) is 2.90. The molecule has 2 rings (SSSR count). The SMILES string of the molecule is CC(C)Cc1ccc2c(S(=O)(=O)O)c(CC(C)C)ccc2c1. The van der Waals surface area contributed by atoms with Crippen molar-refractivity contribution in [3.8, 4) is 0 Å². The van der Waals surface area contributed by atoms with E-state index in [1.165, 1.54) is 5.56 Å². The third kappa shape index (κ3) is 3.87. The van der Waals surface area contributed by atoms with Gasteiger partial charge in [0.2, 0.25) is 0 Å². The molecule has 0 bridgehead atoms. The summed E-state index contributed by atoms with van der Waals surface area (Å²) in [5.74, 6) is 0.858. The van der Waals surface area contributed by atoms with Crippen molar-refractivity contribution in [3.63, 3.8) is 0 Å². The first-order valence-electron chi connectivity index (χ1n) is 7.70. The van der Waals surface area contributed by atoms with E-state index in [4.69, 9.17) is 0 Å². The summed E-state index contributed by atoms with van der Waals surface area (Å²) in [5, 5.41) is 1.46. The molecular formula is C18H24O3S. The van der Waals surface area contributed by atoms with E-state index >= 15 is 0 Å². The van der Waals surface area contributed by atoms with E-state index in [1.807, 2.05) is 44.2 Å². The van der Waals surface area contributed by atoms with Crippen molar-refractivity contribution >= 4 is 20.9 Å². The van der Waals surface area contributed by atoms with Crippen molar-refractivity contribution in [2.45, 2.75) is 45.4 Å². The average molecular weight is 320 g/mol. The van der Waals surface area contributed by atoms with Gasteiger partial charge in [0.05, 0.1) is 0 Å². The number of rotatable bonds is 5. The Morgan fingerprint density at radius 2 is 1.59 bits per heavy atom. The van der Waals surface area contributed by atoms with Gasteiger partial charge in [0, 0.05) is 5.39 Å². The van der Waals surface area contributed by atoms with Gasteiger partial charge in [-0.05, 0) is 41.2 Å². The lowest BCUT2D eigenvalue weighted by atomic mass is 9.96. The monoisotopic (exact) mass is 320 g/mol. The van der Waals surface area contributed by atoms with E-state index < -0.39 is 10.1 Å². The Kier molecular flexibility index (Phi) is 4.93. The lowest BCUT2D eigenvalue weighted by molar-refractivity contribution is 0.482. The summed E-state index contributed by atoms with van der Waals surface area (Å²) >= 11 is 0. The van der Waals surface area contributed by atoms with Crippen LogP contribution >= 0.6 is 0 Å². The van der Waals surface area contributed by atoms with Crippen molar-refractivity contribution in [2.75, 3.05) is 0 Å². The third-order valence-corrected chi connectivity index (χ3v) is 4.64. The van der Waals surface area contributed by atoms with Gasteiger partial charge in [0.15, 0.2) is 0 Å². The highest BCUT2D eigenvalue weighted by Crippen LogP contribution is 2.29. The summed E-state index contributed by atoms with van der Waals surface area (Å²) < 4.78 is 33.4. The van der Waals surface area contributed by atoms with Crippen LogP contribution in [0.25, 0.3) is 10.8 Å².